The lowest BCUT2D eigenvalue weighted by Gasteiger charge is -2.21. The fraction of sp³-hybridized carbons (Fsp3) is 0.769. The normalized spacial score (nSPS) is 23.9. The first-order chi connectivity index (χ1) is 9.15. The van der Waals surface area contributed by atoms with Crippen LogP contribution in [-0.4, -0.2) is 33.3 Å². The first-order valence-corrected chi connectivity index (χ1v) is 6.92. The van der Waals surface area contributed by atoms with Crippen molar-refractivity contribution in [1.29, 1.82) is 0 Å². The van der Waals surface area contributed by atoms with Crippen LogP contribution in [0.15, 0.2) is 4.52 Å². The maximum atomic E-state index is 11.8. The van der Waals surface area contributed by atoms with E-state index < -0.39 is 6.10 Å². The van der Waals surface area contributed by atoms with Crippen molar-refractivity contribution in [2.24, 2.45) is 0 Å². The van der Waals surface area contributed by atoms with Gasteiger partial charge in [0.05, 0.1) is 12.1 Å². The van der Waals surface area contributed by atoms with E-state index in [1.54, 1.807) is 6.92 Å². The van der Waals surface area contributed by atoms with Gasteiger partial charge >= 0.3 is 0 Å². The van der Waals surface area contributed by atoms with Crippen LogP contribution in [0.1, 0.15) is 50.2 Å². The number of nitrogens with zero attached hydrogens (tertiary/aromatic N) is 2. The molecule has 2 atom stereocenters. The van der Waals surface area contributed by atoms with Crippen molar-refractivity contribution in [3.8, 4) is 0 Å². The van der Waals surface area contributed by atoms with Crippen LogP contribution in [0.2, 0.25) is 0 Å². The third-order valence-electron chi connectivity index (χ3n) is 3.46. The Morgan fingerprint density at radius 2 is 2.21 bits per heavy atom. The van der Waals surface area contributed by atoms with Gasteiger partial charge in [-0.15, -0.1) is 0 Å². The lowest BCUT2D eigenvalue weighted by atomic mass is 10.1. The Labute approximate surface area is 112 Å². The molecule has 19 heavy (non-hydrogen) atoms. The van der Waals surface area contributed by atoms with Gasteiger partial charge in [-0.25, -0.2) is 0 Å². The lowest BCUT2D eigenvalue weighted by Crippen LogP contribution is -2.42. The van der Waals surface area contributed by atoms with E-state index in [-0.39, 0.29) is 11.9 Å². The van der Waals surface area contributed by atoms with Gasteiger partial charge in [0, 0.05) is 12.8 Å². The quantitative estimate of drug-likeness (QED) is 0.798. The molecule has 106 valence electrons. The number of aromatic nitrogens is 2. The summed E-state index contributed by atoms with van der Waals surface area (Å²) in [6.07, 6.45) is 5.18. The first-order valence-electron chi connectivity index (χ1n) is 6.92. The molecular weight excluding hydrogens is 246 g/mol. The number of hydrogen-bond donors (Lipinski definition) is 2. The predicted octanol–water partition coefficient (Wildman–Crippen LogP) is 1.12. The van der Waals surface area contributed by atoms with Gasteiger partial charge in [0.25, 0.3) is 0 Å². The zero-order valence-corrected chi connectivity index (χ0v) is 11.3. The van der Waals surface area contributed by atoms with Crippen LogP contribution in [-0.2, 0) is 11.2 Å². The Kier molecular flexibility index (Phi) is 4.90. The highest BCUT2D eigenvalue weighted by Gasteiger charge is 2.23. The molecule has 2 N–H and O–H groups in total. The molecule has 0 bridgehead atoms. The molecular formula is C13H21N3O3. The number of carbonyl (C=O) groups is 1. The summed E-state index contributed by atoms with van der Waals surface area (Å²) >= 11 is 0. The minimum Gasteiger partial charge on any atom is -0.391 e. The van der Waals surface area contributed by atoms with Crippen molar-refractivity contribution in [1.82, 2.24) is 15.5 Å². The summed E-state index contributed by atoms with van der Waals surface area (Å²) in [5, 5.41) is 16.5. The summed E-state index contributed by atoms with van der Waals surface area (Å²) in [4.78, 5) is 15.9. The van der Waals surface area contributed by atoms with E-state index in [1.165, 1.54) is 0 Å². The van der Waals surface area contributed by atoms with Crippen LogP contribution in [0.4, 0.5) is 0 Å². The summed E-state index contributed by atoms with van der Waals surface area (Å²) in [6.45, 7) is 1.74. The van der Waals surface area contributed by atoms with E-state index in [0.29, 0.717) is 24.6 Å². The van der Waals surface area contributed by atoms with E-state index in [2.05, 4.69) is 15.5 Å². The van der Waals surface area contributed by atoms with Crippen molar-refractivity contribution in [3.63, 3.8) is 0 Å². The fourth-order valence-corrected chi connectivity index (χ4v) is 2.40. The number of rotatable bonds is 4. The van der Waals surface area contributed by atoms with Crippen molar-refractivity contribution in [2.75, 3.05) is 0 Å². The molecule has 1 amide bonds. The van der Waals surface area contributed by atoms with Gasteiger partial charge in [-0.3, -0.25) is 4.79 Å². The largest absolute Gasteiger partial charge is 0.391 e. The Hall–Kier alpha value is -1.43. The summed E-state index contributed by atoms with van der Waals surface area (Å²) in [6, 6.07) is -0.112. The molecule has 1 aromatic rings. The van der Waals surface area contributed by atoms with Gasteiger partial charge in [0.1, 0.15) is 0 Å². The van der Waals surface area contributed by atoms with Crippen LogP contribution in [0.3, 0.4) is 0 Å². The second-order valence-electron chi connectivity index (χ2n) is 5.11. The van der Waals surface area contributed by atoms with Gasteiger partial charge < -0.3 is 14.9 Å². The zero-order chi connectivity index (χ0) is 13.7. The molecule has 1 aliphatic rings. The molecule has 1 saturated carbocycles. The molecule has 2 unspecified atom stereocenters. The number of amides is 1. The lowest BCUT2D eigenvalue weighted by molar-refractivity contribution is -0.122. The molecule has 2 rings (SSSR count). The molecule has 0 radical (unpaired) electrons. The van der Waals surface area contributed by atoms with Crippen molar-refractivity contribution >= 4 is 5.91 Å². The number of aryl methyl sites for hydroxylation is 2. The third kappa shape index (κ3) is 4.31. The number of hydrogen-bond acceptors (Lipinski definition) is 5. The highest BCUT2D eigenvalue weighted by atomic mass is 16.5. The number of aliphatic hydroxyl groups is 1. The van der Waals surface area contributed by atoms with E-state index in [4.69, 9.17) is 4.52 Å². The van der Waals surface area contributed by atoms with Gasteiger partial charge in [-0.2, -0.15) is 4.98 Å². The summed E-state index contributed by atoms with van der Waals surface area (Å²) in [5.41, 5.74) is 0. The maximum absolute atomic E-state index is 11.8. The zero-order valence-electron chi connectivity index (χ0n) is 11.3. The Bertz CT molecular complexity index is 419. The second-order valence-corrected chi connectivity index (χ2v) is 5.11. The molecule has 1 aliphatic carbocycles. The van der Waals surface area contributed by atoms with Crippen molar-refractivity contribution < 1.29 is 14.4 Å². The molecule has 6 nitrogen and oxygen atoms in total. The van der Waals surface area contributed by atoms with Crippen LogP contribution < -0.4 is 5.32 Å². The molecule has 0 spiro atoms. The molecule has 1 aromatic heterocycles. The van der Waals surface area contributed by atoms with Crippen LogP contribution >= 0.6 is 0 Å². The van der Waals surface area contributed by atoms with Gasteiger partial charge in [-0.1, -0.05) is 24.4 Å². The summed E-state index contributed by atoms with van der Waals surface area (Å²) < 4.78 is 4.96. The average Bonchev–Trinajstić information content (AvgIpc) is 2.69. The van der Waals surface area contributed by atoms with Crippen LogP contribution in [0, 0.1) is 6.92 Å². The Balaban J connectivity index is 1.76. The number of aliphatic hydroxyl groups excluding tert-OH is 1. The van der Waals surface area contributed by atoms with E-state index in [0.717, 1.165) is 32.1 Å². The van der Waals surface area contributed by atoms with Crippen LogP contribution in [0.5, 0.6) is 0 Å². The molecule has 0 saturated heterocycles. The molecule has 0 aromatic carbocycles. The summed E-state index contributed by atoms with van der Waals surface area (Å²) in [5.74, 6) is 0.991. The molecule has 1 heterocycles. The van der Waals surface area contributed by atoms with Gasteiger partial charge in [0.15, 0.2) is 5.82 Å². The average molecular weight is 267 g/mol. The molecule has 0 aliphatic heterocycles. The van der Waals surface area contributed by atoms with Crippen molar-refractivity contribution in [2.45, 2.75) is 64.0 Å². The standard InChI is InChI=1S/C13H21N3O3/c1-9-14-13(19-16-9)8-7-12(18)15-10-5-3-2-4-6-11(10)17/h10-11,17H,2-8H2,1H3,(H,15,18). The highest BCUT2D eigenvalue weighted by Crippen LogP contribution is 2.18. The maximum Gasteiger partial charge on any atom is 0.227 e. The fourth-order valence-electron chi connectivity index (χ4n) is 2.40. The molecule has 1 fully saturated rings. The van der Waals surface area contributed by atoms with E-state index >= 15 is 0 Å². The van der Waals surface area contributed by atoms with E-state index in [1.807, 2.05) is 0 Å². The topological polar surface area (TPSA) is 88.2 Å². The third-order valence-corrected chi connectivity index (χ3v) is 3.46. The molecule has 6 heteroatoms. The van der Waals surface area contributed by atoms with Crippen molar-refractivity contribution in [3.05, 3.63) is 11.7 Å². The first kappa shape index (κ1) is 14.0. The predicted molar refractivity (Wildman–Crippen MR) is 68.4 cm³/mol. The van der Waals surface area contributed by atoms with Gasteiger partial charge in [-0.05, 0) is 19.8 Å². The minimum atomic E-state index is -0.419. The number of nitrogens with one attached hydrogen (secondary N) is 1. The Morgan fingerprint density at radius 3 is 2.95 bits per heavy atom. The smallest absolute Gasteiger partial charge is 0.227 e. The van der Waals surface area contributed by atoms with Crippen LogP contribution in [0.25, 0.3) is 0 Å². The van der Waals surface area contributed by atoms with E-state index in [9.17, 15) is 9.90 Å². The second kappa shape index (κ2) is 6.65. The highest BCUT2D eigenvalue weighted by molar-refractivity contribution is 5.76. The van der Waals surface area contributed by atoms with Gasteiger partial charge in [0.2, 0.25) is 11.8 Å². The summed E-state index contributed by atoms with van der Waals surface area (Å²) in [7, 11) is 0. The SMILES string of the molecule is Cc1noc(CCC(=O)NC2CCCCCC2O)n1. The Morgan fingerprint density at radius 1 is 1.42 bits per heavy atom. The minimum absolute atomic E-state index is 0.0678. The number of carbonyl (C=O) groups excluding carboxylic acids is 1. The monoisotopic (exact) mass is 267 g/mol.